The van der Waals surface area contributed by atoms with E-state index < -0.39 is 41.1 Å². The second kappa shape index (κ2) is 8.22. The zero-order chi connectivity index (χ0) is 22.2. The lowest BCUT2D eigenvalue weighted by Crippen LogP contribution is -2.55. The molecule has 0 radical (unpaired) electrons. The minimum atomic E-state index is -1.67. The van der Waals surface area contributed by atoms with Crippen LogP contribution in [0.25, 0.3) is 11.1 Å². The molecule has 3 aliphatic rings. The second-order valence-electron chi connectivity index (χ2n) is 8.03. The van der Waals surface area contributed by atoms with Gasteiger partial charge >= 0.3 is 11.9 Å². The summed E-state index contributed by atoms with van der Waals surface area (Å²) in [6.07, 6.45) is 2.76. The highest BCUT2D eigenvalue weighted by Gasteiger charge is 2.58. The molecule has 1 heterocycles. The van der Waals surface area contributed by atoms with E-state index in [0.717, 1.165) is 16.7 Å². The van der Waals surface area contributed by atoms with Crippen LogP contribution >= 0.6 is 0 Å². The number of hydrogen-bond donors (Lipinski definition) is 1. The number of aliphatic hydroxyl groups is 1. The van der Waals surface area contributed by atoms with Gasteiger partial charge in [-0.2, -0.15) is 0 Å². The topological polar surface area (TPSA) is 103 Å². The highest BCUT2D eigenvalue weighted by molar-refractivity contribution is 6.03. The molecule has 0 amide bonds. The van der Waals surface area contributed by atoms with E-state index in [1.54, 1.807) is 26.4 Å². The predicted octanol–water partition coefficient (Wildman–Crippen LogP) is 3.17. The Hall–Kier alpha value is -2.67. The van der Waals surface area contributed by atoms with Crippen LogP contribution < -0.4 is 0 Å². The largest absolute Gasteiger partial charge is 0.472 e. The molecule has 1 aliphatic heterocycles. The van der Waals surface area contributed by atoms with Crippen molar-refractivity contribution in [3.05, 3.63) is 35.3 Å². The summed E-state index contributed by atoms with van der Waals surface area (Å²) in [6.45, 7) is 8.80. The minimum absolute atomic E-state index is 0.102. The maximum absolute atomic E-state index is 13.1. The molecule has 1 N–H and O–H groups in total. The van der Waals surface area contributed by atoms with Crippen LogP contribution in [-0.4, -0.2) is 41.6 Å². The van der Waals surface area contributed by atoms with Gasteiger partial charge in [-0.05, 0) is 62.9 Å². The SMILES string of the molecule is CCOC(=O)C1C(=O)CC(C)(O)C(C(=O)OCC)C1c1c2coccc-2c(C)c1C. The average Bonchev–Trinajstić information content (AvgIpc) is 2.91. The van der Waals surface area contributed by atoms with E-state index >= 15 is 0 Å². The van der Waals surface area contributed by atoms with Crippen LogP contribution in [0.15, 0.2) is 23.0 Å². The van der Waals surface area contributed by atoms with Crippen LogP contribution in [0.3, 0.4) is 0 Å². The first kappa shape index (κ1) is 22.0. The molecule has 0 aromatic heterocycles. The predicted molar refractivity (Wildman–Crippen MR) is 108 cm³/mol. The van der Waals surface area contributed by atoms with Crippen molar-refractivity contribution in [3.8, 4) is 11.1 Å². The van der Waals surface area contributed by atoms with Gasteiger partial charge in [0.1, 0.15) is 5.92 Å². The minimum Gasteiger partial charge on any atom is -0.472 e. The van der Waals surface area contributed by atoms with Crippen LogP contribution in [0.1, 0.15) is 49.8 Å². The Kier molecular flexibility index (Phi) is 6.04. The van der Waals surface area contributed by atoms with Gasteiger partial charge in [-0.1, -0.05) is 0 Å². The summed E-state index contributed by atoms with van der Waals surface area (Å²) < 4.78 is 15.8. The fourth-order valence-corrected chi connectivity index (χ4v) is 4.77. The number of carbonyl (C=O) groups excluding carboxylic acids is 3. The molecule has 4 atom stereocenters. The van der Waals surface area contributed by atoms with Gasteiger partial charge < -0.3 is 19.0 Å². The molecule has 7 heteroatoms. The first-order valence-electron chi connectivity index (χ1n) is 10.2. The maximum atomic E-state index is 13.1. The zero-order valence-corrected chi connectivity index (χ0v) is 18.0. The molecule has 2 aliphatic carbocycles. The van der Waals surface area contributed by atoms with Gasteiger partial charge in [0.05, 0.1) is 37.3 Å². The molecule has 0 aromatic carbocycles. The Labute approximate surface area is 175 Å². The van der Waals surface area contributed by atoms with Crippen molar-refractivity contribution in [2.45, 2.75) is 52.6 Å². The molecule has 0 bridgehead atoms. The molecule has 4 unspecified atom stereocenters. The number of ketones is 1. The first-order valence-corrected chi connectivity index (χ1v) is 10.2. The summed E-state index contributed by atoms with van der Waals surface area (Å²) in [5.74, 6) is -5.07. The quantitative estimate of drug-likeness (QED) is 0.590. The molecule has 1 saturated carbocycles. The molecule has 0 aromatic rings. The van der Waals surface area contributed by atoms with E-state index in [9.17, 15) is 19.5 Å². The number of fused-ring (bicyclic) bond motifs is 1. The summed E-state index contributed by atoms with van der Waals surface area (Å²) in [7, 11) is 0. The Morgan fingerprint density at radius 2 is 1.77 bits per heavy atom. The summed E-state index contributed by atoms with van der Waals surface area (Å²) >= 11 is 0. The van der Waals surface area contributed by atoms with Crippen LogP contribution in [-0.2, 0) is 23.9 Å². The third kappa shape index (κ3) is 3.51. The molecular formula is C23H28O7. The Bertz CT molecular complexity index is 939. The van der Waals surface area contributed by atoms with Gasteiger partial charge in [-0.25, -0.2) is 0 Å². The number of esters is 2. The fourth-order valence-electron chi connectivity index (χ4n) is 4.77. The average molecular weight is 416 g/mol. The lowest BCUT2D eigenvalue weighted by Gasteiger charge is -2.44. The normalized spacial score (nSPS) is 26.6. The van der Waals surface area contributed by atoms with Crippen molar-refractivity contribution in [3.63, 3.8) is 0 Å². The van der Waals surface area contributed by atoms with Crippen molar-refractivity contribution in [2.24, 2.45) is 11.8 Å². The van der Waals surface area contributed by atoms with E-state index in [4.69, 9.17) is 13.9 Å². The van der Waals surface area contributed by atoms with Crippen LogP contribution in [0.5, 0.6) is 0 Å². The summed E-state index contributed by atoms with van der Waals surface area (Å²) in [5, 5.41) is 11.1. The monoisotopic (exact) mass is 416 g/mol. The smallest absolute Gasteiger partial charge is 0.317 e. The fraction of sp³-hybridized carbons (Fsp3) is 0.522. The van der Waals surface area contributed by atoms with Gasteiger partial charge in [-0.15, -0.1) is 0 Å². The van der Waals surface area contributed by atoms with Crippen molar-refractivity contribution in [2.75, 3.05) is 13.2 Å². The third-order valence-electron chi connectivity index (χ3n) is 6.13. The summed E-state index contributed by atoms with van der Waals surface area (Å²) in [6, 6.07) is 1.81. The van der Waals surface area contributed by atoms with Crippen LogP contribution in [0.4, 0.5) is 0 Å². The Balaban J connectivity index is 2.29. The van der Waals surface area contributed by atoms with E-state index in [-0.39, 0.29) is 19.6 Å². The number of carbonyl (C=O) groups is 3. The lowest BCUT2D eigenvalue weighted by atomic mass is 9.61. The number of hydrogen-bond acceptors (Lipinski definition) is 7. The molecule has 3 rings (SSSR count). The van der Waals surface area contributed by atoms with E-state index in [2.05, 4.69) is 0 Å². The van der Waals surface area contributed by atoms with E-state index in [0.29, 0.717) is 11.1 Å². The summed E-state index contributed by atoms with van der Waals surface area (Å²) in [5.41, 5.74) is 2.36. The Morgan fingerprint density at radius 3 is 2.40 bits per heavy atom. The van der Waals surface area contributed by atoms with Crippen molar-refractivity contribution < 1.29 is 33.4 Å². The molecule has 0 spiro atoms. The van der Waals surface area contributed by atoms with Gasteiger partial charge in [0.2, 0.25) is 0 Å². The van der Waals surface area contributed by atoms with E-state index in [1.807, 2.05) is 19.9 Å². The van der Waals surface area contributed by atoms with Gasteiger partial charge in [0, 0.05) is 17.9 Å². The second-order valence-corrected chi connectivity index (χ2v) is 8.03. The lowest BCUT2D eigenvalue weighted by molar-refractivity contribution is -0.172. The van der Waals surface area contributed by atoms with Crippen molar-refractivity contribution in [1.29, 1.82) is 0 Å². The van der Waals surface area contributed by atoms with Crippen molar-refractivity contribution in [1.82, 2.24) is 0 Å². The Morgan fingerprint density at radius 1 is 1.13 bits per heavy atom. The van der Waals surface area contributed by atoms with Crippen LogP contribution in [0.2, 0.25) is 0 Å². The van der Waals surface area contributed by atoms with Crippen molar-refractivity contribution >= 4 is 17.7 Å². The van der Waals surface area contributed by atoms with Crippen LogP contribution in [0, 0.1) is 25.7 Å². The van der Waals surface area contributed by atoms with Gasteiger partial charge in [-0.3, -0.25) is 14.4 Å². The molecule has 7 nitrogen and oxygen atoms in total. The van der Waals surface area contributed by atoms with Gasteiger partial charge in [0.15, 0.2) is 5.78 Å². The number of ether oxygens (including phenoxy) is 2. The zero-order valence-electron chi connectivity index (χ0n) is 18.0. The standard InChI is InChI=1S/C23H28O7/c1-6-29-21(25)18-16(24)10-23(5,27)20(22(26)30-7-2)19(18)17-13(4)12(3)14-8-9-28-11-15(14)17/h8-9,11,18-20,27H,6-7,10H2,1-5H3. The highest BCUT2D eigenvalue weighted by Crippen LogP contribution is 2.52. The highest BCUT2D eigenvalue weighted by atomic mass is 16.5. The third-order valence-corrected chi connectivity index (χ3v) is 6.13. The summed E-state index contributed by atoms with van der Waals surface area (Å²) in [4.78, 5) is 39.0. The maximum Gasteiger partial charge on any atom is 0.317 e. The molecule has 0 saturated heterocycles. The van der Waals surface area contributed by atoms with E-state index in [1.165, 1.54) is 6.92 Å². The van der Waals surface area contributed by atoms with Gasteiger partial charge in [0.25, 0.3) is 0 Å². The molecule has 162 valence electrons. The number of Topliss-reactive ketones (excluding diaryl/α,β-unsaturated/α-hetero) is 1. The molecular weight excluding hydrogens is 388 g/mol. The number of rotatable bonds is 5. The molecule has 1 fully saturated rings. The molecule has 30 heavy (non-hydrogen) atoms. The first-order chi connectivity index (χ1) is 14.2.